The Morgan fingerprint density at radius 2 is 2.20 bits per heavy atom. The van der Waals surface area contributed by atoms with Gasteiger partial charge in [0.05, 0.1) is 6.61 Å². The number of hydrogen-bond acceptors (Lipinski definition) is 2. The normalized spacial score (nSPS) is 15.1. The van der Waals surface area contributed by atoms with Gasteiger partial charge in [0.2, 0.25) is 0 Å². The second-order valence-corrected chi connectivity index (χ2v) is 4.29. The molecule has 80 valence electrons. The van der Waals surface area contributed by atoms with E-state index in [-0.39, 0.29) is 5.78 Å². The summed E-state index contributed by atoms with van der Waals surface area (Å²) in [6, 6.07) is 5.64. The predicted molar refractivity (Wildman–Crippen MR) is 59.4 cm³/mol. The summed E-state index contributed by atoms with van der Waals surface area (Å²) in [5, 5.41) is 0. The van der Waals surface area contributed by atoms with Crippen molar-refractivity contribution in [1.29, 1.82) is 0 Å². The molecule has 0 amide bonds. The van der Waals surface area contributed by atoms with Crippen molar-refractivity contribution in [3.05, 3.63) is 29.3 Å². The van der Waals surface area contributed by atoms with Crippen LogP contribution in [0.4, 0.5) is 0 Å². The minimum Gasteiger partial charge on any atom is -0.493 e. The molecule has 1 aromatic rings. The lowest BCUT2D eigenvalue weighted by molar-refractivity contribution is 0.101. The van der Waals surface area contributed by atoms with Gasteiger partial charge in [0.15, 0.2) is 5.78 Å². The third kappa shape index (κ3) is 2.58. The second kappa shape index (κ2) is 4.05. The third-order valence-electron chi connectivity index (χ3n) is 2.77. The van der Waals surface area contributed by atoms with Crippen LogP contribution in [-0.2, 0) is 0 Å². The van der Waals surface area contributed by atoms with Gasteiger partial charge in [-0.05, 0) is 44.2 Å². The van der Waals surface area contributed by atoms with E-state index in [0.29, 0.717) is 0 Å². The first-order chi connectivity index (χ1) is 7.16. The van der Waals surface area contributed by atoms with Crippen LogP contribution in [0.3, 0.4) is 0 Å². The predicted octanol–water partition coefficient (Wildman–Crippen LogP) is 2.99. The maximum atomic E-state index is 11.2. The molecule has 1 aliphatic rings. The van der Waals surface area contributed by atoms with Gasteiger partial charge in [-0.25, -0.2) is 0 Å². The Morgan fingerprint density at radius 1 is 1.47 bits per heavy atom. The first-order valence-electron chi connectivity index (χ1n) is 5.41. The van der Waals surface area contributed by atoms with Crippen LogP contribution in [-0.4, -0.2) is 12.4 Å². The first-order valence-corrected chi connectivity index (χ1v) is 5.41. The van der Waals surface area contributed by atoms with Gasteiger partial charge in [-0.3, -0.25) is 4.79 Å². The monoisotopic (exact) mass is 204 g/mol. The van der Waals surface area contributed by atoms with E-state index in [2.05, 4.69) is 0 Å². The molecule has 0 unspecified atom stereocenters. The van der Waals surface area contributed by atoms with E-state index in [1.165, 1.54) is 12.8 Å². The van der Waals surface area contributed by atoms with Crippen molar-refractivity contribution in [2.45, 2.75) is 26.7 Å². The average molecular weight is 204 g/mol. The van der Waals surface area contributed by atoms with Gasteiger partial charge in [0.1, 0.15) is 5.75 Å². The third-order valence-corrected chi connectivity index (χ3v) is 2.77. The molecule has 1 saturated carbocycles. The van der Waals surface area contributed by atoms with Crippen molar-refractivity contribution in [2.75, 3.05) is 6.61 Å². The Kier molecular flexibility index (Phi) is 2.76. The zero-order valence-corrected chi connectivity index (χ0v) is 9.25. The highest BCUT2D eigenvalue weighted by atomic mass is 16.5. The van der Waals surface area contributed by atoms with E-state index < -0.39 is 0 Å². The van der Waals surface area contributed by atoms with Crippen molar-refractivity contribution in [3.63, 3.8) is 0 Å². The Morgan fingerprint density at radius 3 is 2.80 bits per heavy atom. The molecule has 1 fully saturated rings. The molecular weight excluding hydrogens is 188 g/mol. The summed E-state index contributed by atoms with van der Waals surface area (Å²) in [5.41, 5.74) is 1.83. The summed E-state index contributed by atoms with van der Waals surface area (Å²) in [4.78, 5) is 11.2. The minimum absolute atomic E-state index is 0.0891. The molecule has 0 radical (unpaired) electrons. The van der Waals surface area contributed by atoms with Gasteiger partial charge in [0.25, 0.3) is 0 Å². The molecule has 1 aliphatic carbocycles. The number of ether oxygens (including phenoxy) is 1. The summed E-state index contributed by atoms with van der Waals surface area (Å²) in [6.07, 6.45) is 2.57. The highest BCUT2D eigenvalue weighted by Gasteiger charge is 2.22. The number of carbonyl (C=O) groups excluding carboxylic acids is 1. The van der Waals surface area contributed by atoms with Crippen LogP contribution in [0.5, 0.6) is 5.75 Å². The second-order valence-electron chi connectivity index (χ2n) is 4.29. The fourth-order valence-corrected chi connectivity index (χ4v) is 1.47. The number of aryl methyl sites for hydroxylation is 1. The molecule has 2 rings (SSSR count). The summed E-state index contributed by atoms with van der Waals surface area (Å²) in [7, 11) is 0. The lowest BCUT2D eigenvalue weighted by Gasteiger charge is -2.09. The minimum atomic E-state index is 0.0891. The molecule has 0 N–H and O–H groups in total. The van der Waals surface area contributed by atoms with Gasteiger partial charge in [-0.1, -0.05) is 12.1 Å². The zero-order chi connectivity index (χ0) is 10.8. The van der Waals surface area contributed by atoms with Crippen molar-refractivity contribution >= 4 is 5.78 Å². The standard InChI is InChI=1S/C13H16O2/c1-9-3-6-12(10(2)14)7-13(9)15-8-11-4-5-11/h3,6-7,11H,4-5,8H2,1-2H3. The van der Waals surface area contributed by atoms with Gasteiger partial charge in [-0.2, -0.15) is 0 Å². The molecule has 15 heavy (non-hydrogen) atoms. The number of carbonyl (C=O) groups is 1. The molecule has 0 spiro atoms. The Balaban J connectivity index is 2.12. The smallest absolute Gasteiger partial charge is 0.159 e. The van der Waals surface area contributed by atoms with Crippen LogP contribution in [0.1, 0.15) is 35.7 Å². The highest BCUT2D eigenvalue weighted by Crippen LogP contribution is 2.30. The van der Waals surface area contributed by atoms with Crippen LogP contribution < -0.4 is 4.74 Å². The average Bonchev–Trinajstić information content (AvgIpc) is 3.00. The zero-order valence-electron chi connectivity index (χ0n) is 9.25. The van der Waals surface area contributed by atoms with Gasteiger partial charge in [0, 0.05) is 5.56 Å². The summed E-state index contributed by atoms with van der Waals surface area (Å²) < 4.78 is 5.70. The van der Waals surface area contributed by atoms with Gasteiger partial charge in [-0.15, -0.1) is 0 Å². The Bertz CT molecular complexity index is 378. The van der Waals surface area contributed by atoms with Gasteiger partial charge >= 0.3 is 0 Å². The van der Waals surface area contributed by atoms with Crippen molar-refractivity contribution in [3.8, 4) is 5.75 Å². The Hall–Kier alpha value is -1.31. The topological polar surface area (TPSA) is 26.3 Å². The molecule has 0 aromatic heterocycles. The van der Waals surface area contributed by atoms with Crippen molar-refractivity contribution in [2.24, 2.45) is 5.92 Å². The van der Waals surface area contributed by atoms with Crippen LogP contribution in [0.25, 0.3) is 0 Å². The van der Waals surface area contributed by atoms with E-state index in [9.17, 15) is 4.79 Å². The SMILES string of the molecule is CC(=O)c1ccc(C)c(OCC2CC2)c1. The molecule has 0 bridgehead atoms. The molecule has 0 saturated heterocycles. The Labute approximate surface area is 90.3 Å². The van der Waals surface area contributed by atoms with Crippen molar-refractivity contribution in [1.82, 2.24) is 0 Å². The summed E-state index contributed by atoms with van der Waals surface area (Å²) in [5.74, 6) is 1.69. The quantitative estimate of drug-likeness (QED) is 0.705. The number of benzene rings is 1. The lowest BCUT2D eigenvalue weighted by Crippen LogP contribution is -2.02. The lowest BCUT2D eigenvalue weighted by atomic mass is 10.1. The van der Waals surface area contributed by atoms with Gasteiger partial charge < -0.3 is 4.74 Å². The number of rotatable bonds is 4. The van der Waals surface area contributed by atoms with Crippen LogP contribution in [0, 0.1) is 12.8 Å². The number of hydrogen-bond donors (Lipinski definition) is 0. The molecule has 0 aliphatic heterocycles. The van der Waals surface area contributed by atoms with Crippen LogP contribution in [0.15, 0.2) is 18.2 Å². The molecule has 2 heteroatoms. The maximum absolute atomic E-state index is 11.2. The van der Waals surface area contributed by atoms with Crippen molar-refractivity contribution < 1.29 is 9.53 Å². The molecule has 1 aromatic carbocycles. The molecular formula is C13H16O2. The first kappa shape index (κ1) is 10.2. The van der Waals surface area contributed by atoms with E-state index in [0.717, 1.165) is 29.4 Å². The largest absolute Gasteiger partial charge is 0.493 e. The molecule has 2 nitrogen and oxygen atoms in total. The fraction of sp³-hybridized carbons (Fsp3) is 0.462. The number of ketones is 1. The summed E-state index contributed by atoms with van der Waals surface area (Å²) >= 11 is 0. The van der Waals surface area contributed by atoms with E-state index in [4.69, 9.17) is 4.74 Å². The van der Waals surface area contributed by atoms with E-state index in [1.54, 1.807) is 6.92 Å². The van der Waals surface area contributed by atoms with E-state index >= 15 is 0 Å². The molecule has 0 heterocycles. The molecule has 0 atom stereocenters. The van der Waals surface area contributed by atoms with E-state index in [1.807, 2.05) is 25.1 Å². The summed E-state index contributed by atoms with van der Waals surface area (Å²) in [6.45, 7) is 4.38. The fourth-order valence-electron chi connectivity index (χ4n) is 1.47. The maximum Gasteiger partial charge on any atom is 0.159 e. The van der Waals surface area contributed by atoms with Crippen LogP contribution in [0.2, 0.25) is 0 Å². The van der Waals surface area contributed by atoms with Crippen LogP contribution >= 0.6 is 0 Å². The highest BCUT2D eigenvalue weighted by molar-refractivity contribution is 5.94. The number of Topliss-reactive ketones (excluding diaryl/α,β-unsaturated/α-hetero) is 1.